The van der Waals surface area contributed by atoms with E-state index in [1.807, 2.05) is 12.1 Å². The molecule has 0 atom stereocenters. The van der Waals surface area contributed by atoms with E-state index in [1.165, 1.54) is 23.1 Å². The molecule has 3 aromatic rings. The van der Waals surface area contributed by atoms with Crippen molar-refractivity contribution in [3.05, 3.63) is 63.4 Å². The van der Waals surface area contributed by atoms with Crippen LogP contribution in [0.3, 0.4) is 0 Å². The number of likely N-dealkylation sites (tertiary alicyclic amines) is 1. The van der Waals surface area contributed by atoms with Gasteiger partial charge in [0, 0.05) is 25.3 Å². The van der Waals surface area contributed by atoms with Crippen LogP contribution in [-0.4, -0.2) is 59.3 Å². The van der Waals surface area contributed by atoms with Crippen LogP contribution in [0.4, 0.5) is 29.3 Å². The van der Waals surface area contributed by atoms with Gasteiger partial charge in [-0.05, 0) is 64.5 Å². The highest BCUT2D eigenvalue weighted by Gasteiger charge is 2.34. The number of anilines is 2. The van der Waals surface area contributed by atoms with Gasteiger partial charge in [-0.3, -0.25) is 0 Å². The number of halogens is 4. The molecular formula is C27H25BrF3N3O6S. The molecule has 41 heavy (non-hydrogen) atoms. The second-order valence-corrected chi connectivity index (χ2v) is 11.1. The summed E-state index contributed by atoms with van der Waals surface area (Å²) in [6.07, 6.45) is -3.26. The summed E-state index contributed by atoms with van der Waals surface area (Å²) in [5.74, 6) is -2.30. The summed E-state index contributed by atoms with van der Waals surface area (Å²) in [7, 11) is 0. The standard InChI is InChI=1S/C27H25BrF3N3O6S/c28-21-22(40-14-20(35)36)24(25(37)38)41-23(21)16-4-3-5-17(12-16)32-13-15-8-10-34(11-9-15)26(39)33-19-7-2-1-6-18(19)27(29,30)31/h1-7,12,15,32H,8-11,13-14H2,(H,33,39)(H,35,36)(H,37,38). The first-order valence-electron chi connectivity index (χ1n) is 12.4. The van der Waals surface area contributed by atoms with Crippen LogP contribution in [0, 0.1) is 5.92 Å². The number of carboxylic acid groups (broad SMARTS) is 2. The molecule has 0 spiro atoms. The SMILES string of the molecule is O=C(O)COc1c(C(=O)O)sc(-c2cccc(NCC3CCN(C(=O)Nc4ccccc4C(F)(F)F)CC3)c2)c1Br. The Hall–Kier alpha value is -3.78. The molecule has 0 bridgehead atoms. The van der Waals surface area contributed by atoms with Crippen LogP contribution in [0.1, 0.15) is 28.1 Å². The smallest absolute Gasteiger partial charge is 0.418 e. The quantitative estimate of drug-likeness (QED) is 0.202. The molecule has 1 aromatic heterocycles. The Morgan fingerprint density at radius 3 is 2.44 bits per heavy atom. The fraction of sp³-hybridized carbons (Fsp3) is 0.296. The molecule has 4 rings (SSSR count). The summed E-state index contributed by atoms with van der Waals surface area (Å²) in [6.45, 7) is 0.698. The van der Waals surface area contributed by atoms with E-state index in [0.717, 1.165) is 23.1 Å². The average Bonchev–Trinajstić information content (AvgIpc) is 3.27. The van der Waals surface area contributed by atoms with E-state index in [1.54, 1.807) is 12.1 Å². The van der Waals surface area contributed by atoms with Crippen molar-refractivity contribution in [2.75, 3.05) is 36.9 Å². The number of ether oxygens (including phenoxy) is 1. The number of rotatable bonds is 9. The van der Waals surface area contributed by atoms with E-state index in [-0.39, 0.29) is 22.2 Å². The molecule has 1 aliphatic rings. The lowest BCUT2D eigenvalue weighted by Crippen LogP contribution is -2.42. The molecule has 4 N–H and O–H groups in total. The van der Waals surface area contributed by atoms with Gasteiger partial charge >= 0.3 is 24.1 Å². The summed E-state index contributed by atoms with van der Waals surface area (Å²) in [5, 5.41) is 24.2. The van der Waals surface area contributed by atoms with E-state index >= 15 is 0 Å². The number of piperidine rings is 1. The molecule has 1 saturated heterocycles. The van der Waals surface area contributed by atoms with Crippen molar-refractivity contribution < 1.29 is 42.5 Å². The maximum Gasteiger partial charge on any atom is 0.418 e. The summed E-state index contributed by atoms with van der Waals surface area (Å²) >= 11 is 4.31. The molecular weight excluding hydrogens is 631 g/mol. The van der Waals surface area contributed by atoms with Crippen molar-refractivity contribution in [2.24, 2.45) is 5.92 Å². The third kappa shape index (κ3) is 7.50. The number of para-hydroxylation sites is 1. The molecule has 14 heteroatoms. The number of amides is 2. The van der Waals surface area contributed by atoms with Gasteiger partial charge in [0.2, 0.25) is 0 Å². The largest absolute Gasteiger partial charge is 0.479 e. The second-order valence-electron chi connectivity index (χ2n) is 9.26. The van der Waals surface area contributed by atoms with E-state index < -0.39 is 36.3 Å². The Kier molecular flexibility index (Phi) is 9.43. The van der Waals surface area contributed by atoms with Crippen molar-refractivity contribution in [2.45, 2.75) is 19.0 Å². The fourth-order valence-corrected chi connectivity index (χ4v) is 6.28. The molecule has 0 saturated carbocycles. The maximum absolute atomic E-state index is 13.2. The Morgan fingerprint density at radius 1 is 1.07 bits per heavy atom. The summed E-state index contributed by atoms with van der Waals surface area (Å²) < 4.78 is 45.3. The number of carbonyl (C=O) groups is 3. The van der Waals surface area contributed by atoms with Gasteiger partial charge in [-0.15, -0.1) is 11.3 Å². The zero-order chi connectivity index (χ0) is 29.7. The van der Waals surface area contributed by atoms with Crippen LogP contribution >= 0.6 is 27.3 Å². The lowest BCUT2D eigenvalue weighted by molar-refractivity contribution is -0.139. The third-order valence-corrected chi connectivity index (χ3v) is 8.67. The number of hydrogen-bond acceptors (Lipinski definition) is 6. The van der Waals surface area contributed by atoms with Gasteiger partial charge in [0.1, 0.15) is 0 Å². The zero-order valence-corrected chi connectivity index (χ0v) is 23.7. The first-order valence-corrected chi connectivity index (χ1v) is 14.0. The number of thiophene rings is 1. The van der Waals surface area contributed by atoms with Crippen LogP contribution in [0.15, 0.2) is 53.0 Å². The summed E-state index contributed by atoms with van der Waals surface area (Å²) in [4.78, 5) is 37.2. The van der Waals surface area contributed by atoms with E-state index in [4.69, 9.17) is 9.84 Å². The Morgan fingerprint density at radius 2 is 1.78 bits per heavy atom. The third-order valence-electron chi connectivity index (χ3n) is 6.44. The predicted molar refractivity (Wildman–Crippen MR) is 151 cm³/mol. The first-order chi connectivity index (χ1) is 19.4. The van der Waals surface area contributed by atoms with E-state index in [0.29, 0.717) is 47.4 Å². The van der Waals surface area contributed by atoms with Crippen molar-refractivity contribution in [3.8, 4) is 16.2 Å². The first kappa shape index (κ1) is 30.2. The van der Waals surface area contributed by atoms with Crippen LogP contribution in [0.2, 0.25) is 0 Å². The highest BCUT2D eigenvalue weighted by atomic mass is 79.9. The number of urea groups is 1. The number of benzene rings is 2. The van der Waals surface area contributed by atoms with Crippen LogP contribution in [-0.2, 0) is 11.0 Å². The highest BCUT2D eigenvalue weighted by Crippen LogP contribution is 2.46. The Labute approximate surface area is 245 Å². The van der Waals surface area contributed by atoms with E-state index in [2.05, 4.69) is 26.6 Å². The number of nitrogens with one attached hydrogen (secondary N) is 2. The number of nitrogens with zero attached hydrogens (tertiary/aromatic N) is 1. The highest BCUT2D eigenvalue weighted by molar-refractivity contribution is 9.10. The lowest BCUT2D eigenvalue weighted by Gasteiger charge is -2.32. The van der Waals surface area contributed by atoms with Crippen LogP contribution in [0.5, 0.6) is 5.75 Å². The van der Waals surface area contributed by atoms with Gasteiger partial charge in [0.05, 0.1) is 20.6 Å². The fourth-order valence-electron chi connectivity index (χ4n) is 4.39. The van der Waals surface area contributed by atoms with Crippen molar-refractivity contribution in [1.29, 1.82) is 0 Å². The van der Waals surface area contributed by atoms with Crippen LogP contribution in [0.25, 0.3) is 10.4 Å². The van der Waals surface area contributed by atoms with Gasteiger partial charge in [0.15, 0.2) is 17.2 Å². The van der Waals surface area contributed by atoms with Gasteiger partial charge in [-0.25, -0.2) is 14.4 Å². The van der Waals surface area contributed by atoms with Crippen molar-refractivity contribution >= 4 is 56.6 Å². The minimum atomic E-state index is -4.58. The van der Waals surface area contributed by atoms with Crippen molar-refractivity contribution in [1.82, 2.24) is 4.90 Å². The molecule has 9 nitrogen and oxygen atoms in total. The van der Waals surface area contributed by atoms with Gasteiger partial charge in [0.25, 0.3) is 0 Å². The monoisotopic (exact) mass is 655 g/mol. The Balaban J connectivity index is 1.35. The average molecular weight is 656 g/mol. The number of aromatic carboxylic acids is 1. The van der Waals surface area contributed by atoms with Crippen LogP contribution < -0.4 is 15.4 Å². The molecule has 2 amide bonds. The molecule has 2 heterocycles. The molecule has 1 aliphatic heterocycles. The Bertz CT molecular complexity index is 1440. The van der Waals surface area contributed by atoms with Crippen molar-refractivity contribution in [3.63, 3.8) is 0 Å². The lowest BCUT2D eigenvalue weighted by atomic mass is 9.97. The zero-order valence-electron chi connectivity index (χ0n) is 21.3. The molecule has 0 unspecified atom stereocenters. The number of hydrogen-bond donors (Lipinski definition) is 4. The molecule has 2 aromatic carbocycles. The van der Waals surface area contributed by atoms with Gasteiger partial charge in [-0.2, -0.15) is 13.2 Å². The minimum Gasteiger partial charge on any atom is -0.479 e. The topological polar surface area (TPSA) is 128 Å². The summed E-state index contributed by atoms with van der Waals surface area (Å²) in [5.41, 5.74) is 0.302. The van der Waals surface area contributed by atoms with Gasteiger partial charge < -0.3 is 30.5 Å². The molecule has 0 radical (unpaired) electrons. The number of aliphatic carboxylic acids is 1. The summed E-state index contributed by atoms with van der Waals surface area (Å²) in [6, 6.07) is 11.6. The van der Waals surface area contributed by atoms with E-state index in [9.17, 15) is 32.7 Å². The molecule has 0 aliphatic carbocycles. The number of carbonyl (C=O) groups excluding carboxylic acids is 1. The molecule has 218 valence electrons. The number of alkyl halides is 3. The predicted octanol–water partition coefficient (Wildman–Crippen LogP) is 6.71. The maximum atomic E-state index is 13.2. The number of carboxylic acids is 2. The second kappa shape index (κ2) is 12.8. The molecule has 1 fully saturated rings. The van der Waals surface area contributed by atoms with Gasteiger partial charge in [-0.1, -0.05) is 24.3 Å². The minimum absolute atomic E-state index is 0.0454. The normalized spacial score (nSPS) is 14.0.